The molecule has 28 heavy (non-hydrogen) atoms. The smallest absolute Gasteiger partial charge is 0.247 e. The van der Waals surface area contributed by atoms with Crippen molar-refractivity contribution < 1.29 is 14.1 Å². The summed E-state index contributed by atoms with van der Waals surface area (Å²) < 4.78 is 11.2. The Balaban J connectivity index is 1.55. The summed E-state index contributed by atoms with van der Waals surface area (Å²) in [5, 5.41) is 13.1. The van der Waals surface area contributed by atoms with Gasteiger partial charge in [-0.3, -0.25) is 0 Å². The van der Waals surface area contributed by atoms with Gasteiger partial charge in [-0.15, -0.1) is 10.2 Å². The summed E-state index contributed by atoms with van der Waals surface area (Å²) in [6.07, 6.45) is 0. The Morgan fingerprint density at radius 3 is 2.64 bits per heavy atom. The van der Waals surface area contributed by atoms with E-state index in [9.17, 15) is 0 Å². The highest BCUT2D eigenvalue weighted by atomic mass is 35.5. The monoisotopic (exact) mass is 424 g/mol. The topological polar surface area (TPSA) is 67.9 Å². The van der Waals surface area contributed by atoms with E-state index in [1.807, 2.05) is 12.1 Å². The van der Waals surface area contributed by atoms with Crippen LogP contribution < -0.4 is 10.2 Å². The highest BCUT2D eigenvalue weighted by molar-refractivity contribution is 7.80. The van der Waals surface area contributed by atoms with Crippen LogP contribution >= 0.6 is 23.8 Å². The van der Waals surface area contributed by atoms with Crippen LogP contribution in [0.1, 0.15) is 19.7 Å². The van der Waals surface area contributed by atoms with Gasteiger partial charge in [0.25, 0.3) is 0 Å². The van der Waals surface area contributed by atoms with E-state index in [4.69, 9.17) is 33.0 Å². The average molecular weight is 425 g/mol. The summed E-state index contributed by atoms with van der Waals surface area (Å²) in [4.78, 5) is 3.60. The van der Waals surface area contributed by atoms with Crippen molar-refractivity contribution in [2.45, 2.75) is 26.4 Å². The first kappa shape index (κ1) is 21.0. The van der Waals surface area contributed by atoms with E-state index in [-0.39, 0.29) is 6.04 Å². The first-order valence-electron chi connectivity index (χ1n) is 9.57. The van der Waals surface area contributed by atoms with E-state index in [1.54, 1.807) is 17.0 Å². The summed E-state index contributed by atoms with van der Waals surface area (Å²) >= 11 is 11.5. The van der Waals surface area contributed by atoms with Crippen molar-refractivity contribution in [3.63, 3.8) is 0 Å². The summed E-state index contributed by atoms with van der Waals surface area (Å²) in [5.41, 5.74) is 0.841. The second-order valence-corrected chi connectivity index (χ2v) is 7.90. The Morgan fingerprint density at radius 1 is 1.25 bits per heavy atom. The molecule has 2 heterocycles. The minimum absolute atomic E-state index is 0.210. The molecule has 1 aromatic carbocycles. The maximum absolute atomic E-state index is 5.93. The predicted molar refractivity (Wildman–Crippen MR) is 112 cm³/mol. The summed E-state index contributed by atoms with van der Waals surface area (Å²) in [6.45, 7) is 10.3. The number of aromatic nitrogens is 2. The molecule has 0 amide bonds. The van der Waals surface area contributed by atoms with Gasteiger partial charge >= 0.3 is 0 Å². The number of morpholine rings is 1. The number of thiocarbonyl (C=S) groups is 1. The standard InChI is InChI=1S/C19H26ClN5O2S/c1-14(2)25(19(28)21-7-8-24-9-11-26-12-10-24)13-17-22-23-18(27-17)15-3-5-16(20)6-4-15/h3-6,14H,7-13H2,1-2H3,(H,21,28)/p+1. The molecule has 0 spiro atoms. The zero-order valence-corrected chi connectivity index (χ0v) is 17.9. The molecule has 3 rings (SSSR count). The van der Waals surface area contributed by atoms with Crippen LogP contribution in [0.15, 0.2) is 28.7 Å². The van der Waals surface area contributed by atoms with Crippen molar-refractivity contribution in [3.8, 4) is 11.5 Å². The van der Waals surface area contributed by atoms with Gasteiger partial charge < -0.3 is 24.3 Å². The molecular weight excluding hydrogens is 398 g/mol. The Labute approximate surface area is 176 Å². The number of halogens is 1. The van der Waals surface area contributed by atoms with Gasteiger partial charge in [-0.2, -0.15) is 0 Å². The zero-order chi connectivity index (χ0) is 19.9. The quantitative estimate of drug-likeness (QED) is 0.651. The normalized spacial score (nSPS) is 15.0. The Morgan fingerprint density at radius 2 is 1.96 bits per heavy atom. The van der Waals surface area contributed by atoms with E-state index in [0.29, 0.717) is 28.5 Å². The number of benzene rings is 1. The molecule has 1 aromatic heterocycles. The predicted octanol–water partition coefficient (Wildman–Crippen LogP) is 1.39. The second kappa shape index (κ2) is 10.2. The number of hydrogen-bond acceptors (Lipinski definition) is 5. The number of nitrogens with one attached hydrogen (secondary N) is 2. The van der Waals surface area contributed by atoms with E-state index in [1.165, 1.54) is 0 Å². The third kappa shape index (κ3) is 5.88. The molecule has 0 aliphatic carbocycles. The van der Waals surface area contributed by atoms with Crippen LogP contribution in [0.4, 0.5) is 0 Å². The van der Waals surface area contributed by atoms with E-state index >= 15 is 0 Å². The summed E-state index contributed by atoms with van der Waals surface area (Å²) in [7, 11) is 0. The number of hydrogen-bond donors (Lipinski definition) is 2. The molecule has 9 heteroatoms. The molecule has 2 N–H and O–H groups in total. The summed E-state index contributed by atoms with van der Waals surface area (Å²) in [5.74, 6) is 1.01. The lowest BCUT2D eigenvalue weighted by atomic mass is 10.2. The minimum Gasteiger partial charge on any atom is -0.419 e. The average Bonchev–Trinajstić information content (AvgIpc) is 3.16. The number of quaternary nitrogens is 1. The molecular formula is C19H27ClN5O2S+. The molecule has 0 saturated carbocycles. The number of nitrogens with zero attached hydrogens (tertiary/aromatic N) is 3. The summed E-state index contributed by atoms with van der Waals surface area (Å²) in [6, 6.07) is 7.54. The fourth-order valence-corrected chi connectivity index (χ4v) is 3.52. The Bertz CT molecular complexity index is 762. The van der Waals surface area contributed by atoms with Crippen molar-refractivity contribution in [2.75, 3.05) is 39.4 Å². The maximum Gasteiger partial charge on any atom is 0.247 e. The Kier molecular flexibility index (Phi) is 7.61. The first-order valence-corrected chi connectivity index (χ1v) is 10.4. The first-order chi connectivity index (χ1) is 13.5. The number of rotatable bonds is 7. The third-order valence-electron chi connectivity index (χ3n) is 4.70. The molecule has 1 aliphatic rings. The SMILES string of the molecule is CC(C)N(Cc1nnc(-c2ccc(Cl)cc2)o1)C(=S)NCC[NH+]1CCOCC1. The zero-order valence-electron chi connectivity index (χ0n) is 16.3. The van der Waals surface area contributed by atoms with Crippen LogP contribution in [0.2, 0.25) is 5.02 Å². The van der Waals surface area contributed by atoms with Gasteiger partial charge in [0.15, 0.2) is 5.11 Å². The molecule has 0 atom stereocenters. The van der Waals surface area contributed by atoms with Gasteiger partial charge in [0, 0.05) is 16.6 Å². The van der Waals surface area contributed by atoms with E-state index in [2.05, 4.69) is 34.3 Å². The van der Waals surface area contributed by atoms with Crippen LogP contribution in [0, 0.1) is 0 Å². The molecule has 0 unspecified atom stereocenters. The molecule has 152 valence electrons. The lowest BCUT2D eigenvalue weighted by Gasteiger charge is -2.29. The molecule has 1 fully saturated rings. The van der Waals surface area contributed by atoms with Gasteiger partial charge in [-0.1, -0.05) is 11.6 Å². The van der Waals surface area contributed by atoms with Crippen molar-refractivity contribution >= 4 is 28.9 Å². The molecule has 0 radical (unpaired) electrons. The van der Waals surface area contributed by atoms with Crippen LogP contribution in [0.5, 0.6) is 0 Å². The van der Waals surface area contributed by atoms with E-state index < -0.39 is 0 Å². The van der Waals surface area contributed by atoms with Gasteiger partial charge in [0.2, 0.25) is 11.8 Å². The third-order valence-corrected chi connectivity index (χ3v) is 5.33. The number of ether oxygens (including phenoxy) is 1. The molecule has 2 aromatic rings. The lowest BCUT2D eigenvalue weighted by molar-refractivity contribution is -0.906. The molecule has 1 aliphatic heterocycles. The van der Waals surface area contributed by atoms with Gasteiger partial charge in [-0.05, 0) is 50.3 Å². The van der Waals surface area contributed by atoms with Gasteiger partial charge in [-0.25, -0.2) is 0 Å². The van der Waals surface area contributed by atoms with Gasteiger partial charge in [0.1, 0.15) is 13.1 Å². The van der Waals surface area contributed by atoms with Gasteiger partial charge in [0.05, 0.1) is 32.8 Å². The fraction of sp³-hybridized carbons (Fsp3) is 0.526. The van der Waals surface area contributed by atoms with Crippen LogP contribution in [-0.4, -0.2) is 65.6 Å². The van der Waals surface area contributed by atoms with Crippen molar-refractivity contribution in [2.24, 2.45) is 0 Å². The highest BCUT2D eigenvalue weighted by Crippen LogP contribution is 2.21. The minimum atomic E-state index is 0.210. The van der Waals surface area contributed by atoms with E-state index in [0.717, 1.165) is 45.0 Å². The van der Waals surface area contributed by atoms with Crippen LogP contribution in [0.3, 0.4) is 0 Å². The van der Waals surface area contributed by atoms with Crippen molar-refractivity contribution in [1.29, 1.82) is 0 Å². The molecule has 0 bridgehead atoms. The van der Waals surface area contributed by atoms with Crippen molar-refractivity contribution in [3.05, 3.63) is 35.2 Å². The highest BCUT2D eigenvalue weighted by Gasteiger charge is 2.19. The molecule has 1 saturated heterocycles. The maximum atomic E-state index is 5.93. The second-order valence-electron chi connectivity index (χ2n) is 7.07. The molecule has 7 nitrogen and oxygen atoms in total. The fourth-order valence-electron chi connectivity index (χ4n) is 3.02. The largest absolute Gasteiger partial charge is 0.419 e. The lowest BCUT2D eigenvalue weighted by Crippen LogP contribution is -3.14. The van der Waals surface area contributed by atoms with Crippen molar-refractivity contribution in [1.82, 2.24) is 20.4 Å². The van der Waals surface area contributed by atoms with Crippen LogP contribution in [-0.2, 0) is 11.3 Å². The van der Waals surface area contributed by atoms with Crippen LogP contribution in [0.25, 0.3) is 11.5 Å². The Hall–Kier alpha value is -1.74.